The van der Waals surface area contributed by atoms with Crippen molar-refractivity contribution in [3.63, 3.8) is 0 Å². The van der Waals surface area contributed by atoms with Gasteiger partial charge in [-0.25, -0.2) is 0 Å². The quantitative estimate of drug-likeness (QED) is 0.423. The predicted octanol–water partition coefficient (Wildman–Crippen LogP) is 0.855. The molecular formula is C6H9ClNNaO2S. The van der Waals surface area contributed by atoms with Gasteiger partial charge in [0.1, 0.15) is 6.54 Å². The van der Waals surface area contributed by atoms with Crippen molar-refractivity contribution in [2.24, 2.45) is 0 Å². The fraction of sp³-hybridized carbons (Fsp3) is 0.500. The number of hydrogen-bond acceptors (Lipinski definition) is 3. The number of aliphatic carboxylic acids is 1. The van der Waals surface area contributed by atoms with Crippen LogP contribution in [0.4, 0.5) is 0 Å². The topological polar surface area (TPSA) is 40.5 Å². The molecule has 12 heavy (non-hydrogen) atoms. The first-order chi connectivity index (χ1) is 5.11. The van der Waals surface area contributed by atoms with E-state index >= 15 is 0 Å². The number of rotatable bonds is 2. The molecule has 1 aliphatic heterocycles. The summed E-state index contributed by atoms with van der Waals surface area (Å²) in [6, 6.07) is 0. The first-order valence-corrected chi connectivity index (χ1v) is 4.44. The Bertz CT molecular complexity index is 212. The molecule has 0 fully saturated rings. The minimum atomic E-state index is -0.856. The molecule has 1 aliphatic rings. The number of halogens is 1. The van der Waals surface area contributed by atoms with Crippen molar-refractivity contribution in [1.82, 2.24) is 4.90 Å². The van der Waals surface area contributed by atoms with Crippen LogP contribution in [0.2, 0.25) is 0 Å². The number of carboxylic acid groups (broad SMARTS) is 1. The van der Waals surface area contributed by atoms with Gasteiger partial charge in [-0.05, 0) is 12.3 Å². The van der Waals surface area contributed by atoms with Crippen LogP contribution in [0.15, 0.2) is 11.1 Å². The standard InChI is InChI=1S/C6H8ClNO2S.Na.H/c1-4-3-11-6(7)8(4)2-5(9)10;;/h3,6H,2H2,1H3,(H,9,10);;. The second-order valence-electron chi connectivity index (χ2n) is 2.21. The Morgan fingerprint density at radius 3 is 2.83 bits per heavy atom. The molecule has 0 saturated heterocycles. The number of carbonyl (C=O) groups is 1. The SMILES string of the molecule is CC1=CSC(Cl)N1CC(=O)O.[NaH]. The molecule has 1 atom stereocenters. The summed E-state index contributed by atoms with van der Waals surface area (Å²) >= 11 is 7.21. The van der Waals surface area contributed by atoms with E-state index < -0.39 is 5.97 Å². The maximum absolute atomic E-state index is 10.3. The fourth-order valence-corrected chi connectivity index (χ4v) is 2.01. The van der Waals surface area contributed by atoms with Gasteiger partial charge in [0, 0.05) is 5.70 Å². The summed E-state index contributed by atoms with van der Waals surface area (Å²) in [5.74, 6) is -0.856. The molecule has 0 aromatic rings. The van der Waals surface area contributed by atoms with Crippen LogP contribution in [0.25, 0.3) is 0 Å². The first-order valence-electron chi connectivity index (χ1n) is 3.06. The molecule has 0 bridgehead atoms. The molecule has 1 heterocycles. The van der Waals surface area contributed by atoms with E-state index in [1.165, 1.54) is 11.8 Å². The van der Waals surface area contributed by atoms with Gasteiger partial charge >= 0.3 is 35.5 Å². The Balaban J connectivity index is 0.00000121. The molecule has 6 heteroatoms. The van der Waals surface area contributed by atoms with Crippen molar-refractivity contribution >= 4 is 58.9 Å². The maximum atomic E-state index is 10.3. The van der Waals surface area contributed by atoms with Gasteiger partial charge in [-0.3, -0.25) is 4.79 Å². The Labute approximate surface area is 102 Å². The first kappa shape index (κ1) is 12.7. The molecule has 3 nitrogen and oxygen atoms in total. The van der Waals surface area contributed by atoms with Crippen LogP contribution in [0.3, 0.4) is 0 Å². The summed E-state index contributed by atoms with van der Waals surface area (Å²) in [5.41, 5.74) is 0.914. The van der Waals surface area contributed by atoms with E-state index in [9.17, 15) is 4.79 Å². The van der Waals surface area contributed by atoms with Gasteiger partial charge in [-0.2, -0.15) is 0 Å². The average molecular weight is 218 g/mol. The monoisotopic (exact) mass is 217 g/mol. The summed E-state index contributed by atoms with van der Waals surface area (Å²) in [6.07, 6.45) is 0. The van der Waals surface area contributed by atoms with Gasteiger partial charge in [0.2, 0.25) is 0 Å². The van der Waals surface area contributed by atoms with Gasteiger partial charge in [0.15, 0.2) is 4.83 Å². The zero-order chi connectivity index (χ0) is 8.43. The third-order valence-electron chi connectivity index (χ3n) is 1.35. The van der Waals surface area contributed by atoms with Crippen LogP contribution in [-0.2, 0) is 4.79 Å². The van der Waals surface area contributed by atoms with E-state index in [1.807, 2.05) is 12.3 Å². The number of hydrogen-bond donors (Lipinski definition) is 1. The van der Waals surface area contributed by atoms with Crippen molar-refractivity contribution < 1.29 is 9.90 Å². The summed E-state index contributed by atoms with van der Waals surface area (Å²) < 4.78 is 0. The summed E-state index contributed by atoms with van der Waals surface area (Å²) in [5, 5.41) is 10.3. The van der Waals surface area contributed by atoms with Crippen molar-refractivity contribution in [3.05, 3.63) is 11.1 Å². The normalized spacial score (nSPS) is 21.7. The summed E-state index contributed by atoms with van der Waals surface area (Å²) in [7, 11) is 0. The fourth-order valence-electron chi connectivity index (χ4n) is 0.798. The van der Waals surface area contributed by atoms with Crippen molar-refractivity contribution in [2.75, 3.05) is 6.54 Å². The van der Waals surface area contributed by atoms with E-state index in [-0.39, 0.29) is 40.9 Å². The number of nitrogens with zero attached hydrogens (tertiary/aromatic N) is 1. The molecule has 64 valence electrons. The molecule has 1 unspecified atom stereocenters. The van der Waals surface area contributed by atoms with Gasteiger partial charge in [-0.15, -0.1) is 0 Å². The Morgan fingerprint density at radius 1 is 1.92 bits per heavy atom. The van der Waals surface area contributed by atoms with E-state index in [2.05, 4.69) is 0 Å². The molecule has 1 N–H and O–H groups in total. The van der Waals surface area contributed by atoms with E-state index in [4.69, 9.17) is 16.7 Å². The molecule has 0 aromatic carbocycles. The summed E-state index contributed by atoms with van der Waals surface area (Å²) in [4.78, 5) is 11.7. The van der Waals surface area contributed by atoms with Gasteiger partial charge < -0.3 is 10.0 Å². The minimum absolute atomic E-state index is 0. The van der Waals surface area contributed by atoms with Gasteiger partial charge in [0.25, 0.3) is 0 Å². The van der Waals surface area contributed by atoms with Crippen LogP contribution in [0.5, 0.6) is 0 Å². The van der Waals surface area contributed by atoms with Gasteiger partial charge in [0.05, 0.1) is 0 Å². The van der Waals surface area contributed by atoms with Crippen molar-refractivity contribution in [2.45, 2.75) is 11.8 Å². The molecule has 0 amide bonds. The van der Waals surface area contributed by atoms with E-state index in [1.54, 1.807) is 4.90 Å². The van der Waals surface area contributed by atoms with E-state index in [0.29, 0.717) is 0 Å². The second-order valence-corrected chi connectivity index (χ2v) is 3.84. The third kappa shape index (κ3) is 3.18. The van der Waals surface area contributed by atoms with Gasteiger partial charge in [-0.1, -0.05) is 23.4 Å². The Morgan fingerprint density at radius 2 is 2.50 bits per heavy atom. The Kier molecular flexibility index (Phi) is 5.69. The molecule has 0 spiro atoms. The zero-order valence-electron chi connectivity index (χ0n) is 5.95. The van der Waals surface area contributed by atoms with Crippen molar-refractivity contribution in [3.8, 4) is 0 Å². The third-order valence-corrected chi connectivity index (χ3v) is 2.86. The molecule has 0 saturated carbocycles. The molecule has 1 rings (SSSR count). The number of carboxylic acids is 1. The van der Waals surface area contributed by atoms with Crippen LogP contribution in [0, 0.1) is 0 Å². The van der Waals surface area contributed by atoms with Crippen LogP contribution in [0.1, 0.15) is 6.92 Å². The molecule has 0 aromatic heterocycles. The average Bonchev–Trinajstić information content (AvgIpc) is 2.18. The molecular weight excluding hydrogens is 209 g/mol. The molecule has 0 aliphatic carbocycles. The Hall–Kier alpha value is 0.650. The summed E-state index contributed by atoms with van der Waals surface area (Å²) in [6.45, 7) is 1.82. The van der Waals surface area contributed by atoms with Crippen molar-refractivity contribution in [1.29, 1.82) is 0 Å². The zero-order valence-corrected chi connectivity index (χ0v) is 7.52. The molecule has 0 radical (unpaired) electrons. The predicted molar refractivity (Wildman–Crippen MR) is 52.5 cm³/mol. The number of allylic oxidation sites excluding steroid dienone is 1. The second kappa shape index (κ2) is 5.40. The van der Waals surface area contributed by atoms with E-state index in [0.717, 1.165) is 5.70 Å². The van der Waals surface area contributed by atoms with Crippen LogP contribution >= 0.6 is 23.4 Å². The number of thioether (sulfide) groups is 1. The van der Waals surface area contributed by atoms with Crippen LogP contribution < -0.4 is 0 Å². The number of alkyl halides is 1. The van der Waals surface area contributed by atoms with Crippen LogP contribution in [-0.4, -0.2) is 56.9 Å².